The number of likely N-dealkylation sites (tertiary alicyclic amines) is 1. The average Bonchev–Trinajstić information content (AvgIpc) is 2.86. The van der Waals surface area contributed by atoms with Crippen LogP contribution in [0.25, 0.3) is 0 Å². The Balaban J connectivity index is 2.55. The fraction of sp³-hybridized carbons (Fsp3) is 0.882. The molecule has 1 N–H and O–H groups in total. The van der Waals surface area contributed by atoms with E-state index >= 15 is 0 Å². The van der Waals surface area contributed by atoms with Crippen LogP contribution in [0.15, 0.2) is 0 Å². The number of carbonyl (C=O) groups excluding carboxylic acids is 2. The highest BCUT2D eigenvalue weighted by molar-refractivity contribution is 14.1. The third kappa shape index (κ3) is 7.76. The Hall–Kier alpha value is -0.250. The number of halogens is 1. The zero-order valence-corrected chi connectivity index (χ0v) is 17.5. The first-order chi connectivity index (χ1) is 11.2. The average molecular weight is 454 g/mol. The van der Waals surface area contributed by atoms with Crippen molar-refractivity contribution in [3.63, 3.8) is 0 Å². The molecule has 7 heteroatoms. The number of hydrogen-bond donors (Lipinski definition) is 1. The van der Waals surface area contributed by atoms with Crippen LogP contribution in [0.1, 0.15) is 41.0 Å². The van der Waals surface area contributed by atoms with Gasteiger partial charge in [0.1, 0.15) is 9.89 Å². The molecule has 6 nitrogen and oxygen atoms in total. The van der Waals surface area contributed by atoms with Gasteiger partial charge < -0.3 is 19.7 Å². The van der Waals surface area contributed by atoms with E-state index in [1.165, 1.54) is 0 Å². The maximum Gasteiger partial charge on any atom is 0.236 e. The second-order valence-corrected chi connectivity index (χ2v) is 8.60. The summed E-state index contributed by atoms with van der Waals surface area (Å²) in [6, 6.07) is 0.0288. The lowest BCUT2D eigenvalue weighted by Gasteiger charge is -2.25. The summed E-state index contributed by atoms with van der Waals surface area (Å²) in [5.74, 6) is 0.0921. The van der Waals surface area contributed by atoms with E-state index in [0.29, 0.717) is 13.2 Å². The van der Waals surface area contributed by atoms with Crippen LogP contribution in [-0.4, -0.2) is 65.2 Å². The predicted molar refractivity (Wildman–Crippen MR) is 102 cm³/mol. The van der Waals surface area contributed by atoms with Gasteiger partial charge in [-0.25, -0.2) is 0 Å². The van der Waals surface area contributed by atoms with Crippen molar-refractivity contribution in [3.8, 4) is 0 Å². The number of amides is 1. The topological polar surface area (TPSA) is 67.9 Å². The van der Waals surface area contributed by atoms with Gasteiger partial charge in [0.2, 0.25) is 5.91 Å². The molecule has 24 heavy (non-hydrogen) atoms. The molecule has 3 atom stereocenters. The summed E-state index contributed by atoms with van der Waals surface area (Å²) in [5, 5.41) is 2.96. The van der Waals surface area contributed by atoms with Crippen molar-refractivity contribution >= 4 is 34.3 Å². The molecule has 1 amide bonds. The van der Waals surface area contributed by atoms with E-state index in [-0.39, 0.29) is 53.1 Å². The molecule has 0 spiro atoms. The van der Waals surface area contributed by atoms with Crippen molar-refractivity contribution in [3.05, 3.63) is 0 Å². The molecular weight excluding hydrogens is 423 g/mol. The molecule has 2 unspecified atom stereocenters. The summed E-state index contributed by atoms with van der Waals surface area (Å²) >= 11 is 2.21. The van der Waals surface area contributed by atoms with Gasteiger partial charge in [0.15, 0.2) is 0 Å². The molecule has 0 radical (unpaired) electrons. The minimum absolute atomic E-state index is 0.00359. The van der Waals surface area contributed by atoms with E-state index in [9.17, 15) is 9.59 Å². The number of nitrogens with zero attached hydrogens (tertiary/aromatic N) is 1. The number of ketones is 1. The molecule has 0 bridgehead atoms. The number of ether oxygens (including phenoxy) is 2. The highest BCUT2D eigenvalue weighted by Crippen LogP contribution is 2.22. The first kappa shape index (κ1) is 21.8. The molecule has 1 saturated heterocycles. The van der Waals surface area contributed by atoms with Crippen molar-refractivity contribution in [2.75, 3.05) is 26.2 Å². The molecule has 1 heterocycles. The summed E-state index contributed by atoms with van der Waals surface area (Å²) < 4.78 is 11.7. The molecule has 0 aromatic heterocycles. The molecule has 0 aromatic rings. The maximum atomic E-state index is 12.5. The lowest BCUT2D eigenvalue weighted by molar-refractivity contribution is -0.132. The molecule has 0 aliphatic carbocycles. The van der Waals surface area contributed by atoms with Gasteiger partial charge in [-0.1, -0.05) is 36.4 Å². The fourth-order valence-corrected chi connectivity index (χ4v) is 2.87. The van der Waals surface area contributed by atoms with Gasteiger partial charge >= 0.3 is 0 Å². The first-order valence-corrected chi connectivity index (χ1v) is 9.89. The summed E-state index contributed by atoms with van der Waals surface area (Å²) in [6.07, 6.45) is 0.972. The maximum absolute atomic E-state index is 12.5. The highest BCUT2D eigenvalue weighted by atomic mass is 127. The lowest BCUT2D eigenvalue weighted by atomic mass is 10.1. The summed E-state index contributed by atoms with van der Waals surface area (Å²) in [4.78, 5) is 26.0. The monoisotopic (exact) mass is 454 g/mol. The van der Waals surface area contributed by atoms with Crippen molar-refractivity contribution in [2.24, 2.45) is 5.92 Å². The van der Waals surface area contributed by atoms with Gasteiger partial charge in [0, 0.05) is 12.5 Å². The van der Waals surface area contributed by atoms with Gasteiger partial charge in [0.25, 0.3) is 0 Å². The quantitative estimate of drug-likeness (QED) is 0.404. The third-order valence-electron chi connectivity index (χ3n) is 3.90. The normalized spacial score (nSPS) is 22.4. The van der Waals surface area contributed by atoms with Crippen LogP contribution in [0.3, 0.4) is 0 Å². The molecule has 0 saturated carbocycles. The van der Waals surface area contributed by atoms with Gasteiger partial charge in [-0.2, -0.15) is 0 Å². The summed E-state index contributed by atoms with van der Waals surface area (Å²) in [5.41, 5.74) is 0. The Bertz CT molecular complexity index is 415. The molecule has 140 valence electrons. The highest BCUT2D eigenvalue weighted by Gasteiger charge is 2.36. The van der Waals surface area contributed by atoms with Gasteiger partial charge in [-0.3, -0.25) is 9.59 Å². The standard InChI is InChI=1S/C17H31IN2O4/c1-11(2)16(21)7-19-8-17(22)20-9-15(24-12(3)4)6-14(20)10-23-13(5)18/h11-15,19H,6-10H2,1-5H3/t13?,14?,15-/m1/s1. The number of Topliss-reactive ketones (excluding diaryl/α,β-unsaturated/α-hetero) is 1. The van der Waals surface area contributed by atoms with Crippen molar-refractivity contribution in [2.45, 2.75) is 63.4 Å². The number of alkyl halides is 1. The fourth-order valence-electron chi connectivity index (χ4n) is 2.66. The van der Waals surface area contributed by atoms with Crippen LogP contribution in [0.2, 0.25) is 0 Å². The Kier molecular flexibility index (Phi) is 9.69. The Morgan fingerprint density at radius 3 is 2.42 bits per heavy atom. The minimum atomic E-state index is -0.0190. The van der Waals surface area contributed by atoms with E-state index in [2.05, 4.69) is 27.9 Å². The van der Waals surface area contributed by atoms with Crippen LogP contribution in [-0.2, 0) is 19.1 Å². The summed E-state index contributed by atoms with van der Waals surface area (Å²) in [6.45, 7) is 11.2. The lowest BCUT2D eigenvalue weighted by Crippen LogP contribution is -2.44. The number of nitrogens with one attached hydrogen (secondary N) is 1. The van der Waals surface area contributed by atoms with Crippen molar-refractivity contribution < 1.29 is 19.1 Å². The van der Waals surface area contributed by atoms with E-state index in [0.717, 1.165) is 6.42 Å². The largest absolute Gasteiger partial charge is 0.374 e. The van der Waals surface area contributed by atoms with Crippen LogP contribution >= 0.6 is 22.6 Å². The molecule has 0 aromatic carbocycles. The van der Waals surface area contributed by atoms with E-state index in [1.807, 2.05) is 39.5 Å². The first-order valence-electron chi connectivity index (χ1n) is 8.64. The van der Waals surface area contributed by atoms with Gasteiger partial charge in [-0.05, 0) is 27.2 Å². The third-order valence-corrected chi connectivity index (χ3v) is 4.26. The van der Waals surface area contributed by atoms with Gasteiger partial charge in [0.05, 0.1) is 37.9 Å². The van der Waals surface area contributed by atoms with E-state index in [4.69, 9.17) is 9.47 Å². The number of hydrogen-bond acceptors (Lipinski definition) is 5. The van der Waals surface area contributed by atoms with Crippen molar-refractivity contribution in [1.82, 2.24) is 10.2 Å². The van der Waals surface area contributed by atoms with Crippen molar-refractivity contribution in [1.29, 1.82) is 0 Å². The minimum Gasteiger partial charge on any atom is -0.374 e. The molecule has 1 aliphatic rings. The Labute approximate surface area is 159 Å². The van der Waals surface area contributed by atoms with Crippen LogP contribution < -0.4 is 5.32 Å². The van der Waals surface area contributed by atoms with Gasteiger partial charge in [-0.15, -0.1) is 0 Å². The second-order valence-electron chi connectivity index (χ2n) is 6.84. The summed E-state index contributed by atoms with van der Waals surface area (Å²) in [7, 11) is 0. The predicted octanol–water partition coefficient (Wildman–Crippen LogP) is 1.99. The molecule has 1 aliphatic heterocycles. The van der Waals surface area contributed by atoms with Crippen LogP contribution in [0.4, 0.5) is 0 Å². The second kappa shape index (κ2) is 10.7. The van der Waals surface area contributed by atoms with E-state index in [1.54, 1.807) is 0 Å². The molecule has 1 rings (SSSR count). The Morgan fingerprint density at radius 2 is 1.88 bits per heavy atom. The Morgan fingerprint density at radius 1 is 1.21 bits per heavy atom. The van der Waals surface area contributed by atoms with Crippen LogP contribution in [0.5, 0.6) is 0 Å². The molecule has 1 fully saturated rings. The smallest absolute Gasteiger partial charge is 0.236 e. The van der Waals surface area contributed by atoms with E-state index < -0.39 is 0 Å². The molecular formula is C17H31IN2O4. The zero-order valence-electron chi connectivity index (χ0n) is 15.4. The number of rotatable bonds is 10. The number of carbonyl (C=O) groups is 2. The van der Waals surface area contributed by atoms with Crippen LogP contribution in [0, 0.1) is 5.92 Å². The SMILES string of the molecule is CC(C)O[C@@H]1CC(COC(C)I)N(C(=O)CNCC(=O)C(C)C)C1. The zero-order chi connectivity index (χ0) is 18.3.